The maximum absolute atomic E-state index is 5.85. The van der Waals surface area contributed by atoms with Gasteiger partial charge in [0.25, 0.3) is 0 Å². The predicted molar refractivity (Wildman–Crippen MR) is 86.8 cm³/mol. The Bertz CT molecular complexity index is 957. The van der Waals surface area contributed by atoms with E-state index in [9.17, 15) is 0 Å². The highest BCUT2D eigenvalue weighted by Crippen LogP contribution is 2.22. The first-order chi connectivity index (χ1) is 11.2. The van der Waals surface area contributed by atoms with Gasteiger partial charge in [0.2, 0.25) is 10.8 Å². The van der Waals surface area contributed by atoms with Crippen LogP contribution in [0.25, 0.3) is 16.5 Å². The Balaban J connectivity index is 1.57. The summed E-state index contributed by atoms with van der Waals surface area (Å²) in [6.45, 7) is 2.29. The van der Waals surface area contributed by atoms with Gasteiger partial charge in [0, 0.05) is 10.7 Å². The first-order valence-corrected chi connectivity index (χ1v) is 8.00. The number of ether oxygens (including phenoxy) is 1. The van der Waals surface area contributed by atoms with E-state index in [-0.39, 0.29) is 0 Å². The number of hydrogen-bond acceptors (Lipinski definition) is 6. The first kappa shape index (κ1) is 14.2. The van der Waals surface area contributed by atoms with Crippen LogP contribution < -0.4 is 4.74 Å². The summed E-state index contributed by atoms with van der Waals surface area (Å²) in [5.74, 6) is 1.35. The van der Waals surface area contributed by atoms with Gasteiger partial charge in [-0.25, -0.2) is 0 Å². The summed E-state index contributed by atoms with van der Waals surface area (Å²) in [6, 6.07) is 9.11. The van der Waals surface area contributed by atoms with Crippen molar-refractivity contribution in [1.82, 2.24) is 30.0 Å². The van der Waals surface area contributed by atoms with Crippen molar-refractivity contribution in [2.75, 3.05) is 0 Å². The van der Waals surface area contributed by atoms with Crippen LogP contribution in [0.3, 0.4) is 0 Å². The number of halogens is 1. The number of H-pyrrole nitrogens is 1. The Morgan fingerprint density at radius 2 is 2.09 bits per heavy atom. The molecule has 23 heavy (non-hydrogen) atoms. The predicted octanol–water partition coefficient (Wildman–Crippen LogP) is 3.12. The summed E-state index contributed by atoms with van der Waals surface area (Å²) in [7, 11) is 0. The fourth-order valence-electron chi connectivity index (χ4n) is 2.08. The van der Waals surface area contributed by atoms with E-state index < -0.39 is 0 Å². The van der Waals surface area contributed by atoms with Crippen LogP contribution >= 0.6 is 22.9 Å². The molecule has 0 radical (unpaired) electrons. The van der Waals surface area contributed by atoms with Gasteiger partial charge in [-0.3, -0.25) is 5.10 Å². The van der Waals surface area contributed by atoms with Crippen LogP contribution in [-0.2, 0) is 6.61 Å². The fraction of sp³-hybridized carbons (Fsp3) is 0.143. The van der Waals surface area contributed by atoms with Crippen LogP contribution in [0.2, 0.25) is 5.02 Å². The fourth-order valence-corrected chi connectivity index (χ4v) is 2.96. The zero-order valence-electron chi connectivity index (χ0n) is 12.0. The van der Waals surface area contributed by atoms with E-state index in [0.717, 1.165) is 16.5 Å². The lowest BCUT2D eigenvalue weighted by molar-refractivity contribution is 0.304. The second-order valence-electron chi connectivity index (χ2n) is 4.89. The van der Waals surface area contributed by atoms with E-state index in [0.29, 0.717) is 28.1 Å². The van der Waals surface area contributed by atoms with E-state index in [1.54, 1.807) is 16.6 Å². The second kappa shape index (κ2) is 5.64. The van der Waals surface area contributed by atoms with Gasteiger partial charge in [-0.05, 0) is 37.3 Å². The molecule has 1 N–H and O–H groups in total. The number of aryl methyl sites for hydroxylation is 1. The number of rotatable bonds is 4. The molecular formula is C14H11ClN6OS. The Kier molecular flexibility index (Phi) is 3.47. The van der Waals surface area contributed by atoms with Crippen molar-refractivity contribution in [3.8, 4) is 17.3 Å². The number of aromatic nitrogens is 6. The summed E-state index contributed by atoms with van der Waals surface area (Å²) < 4.78 is 7.38. The minimum Gasteiger partial charge on any atom is -0.486 e. The van der Waals surface area contributed by atoms with Crippen molar-refractivity contribution in [2.24, 2.45) is 0 Å². The molecule has 0 saturated carbocycles. The summed E-state index contributed by atoms with van der Waals surface area (Å²) in [5, 5.41) is 21.3. The SMILES string of the molecule is Cc1cc(-c2nnc3sc(COc4ccc(Cl)cc4)nn23)n[nH]1. The van der Waals surface area contributed by atoms with Gasteiger partial charge in [-0.1, -0.05) is 22.9 Å². The Morgan fingerprint density at radius 1 is 1.26 bits per heavy atom. The first-order valence-electron chi connectivity index (χ1n) is 6.81. The van der Waals surface area contributed by atoms with Crippen LogP contribution in [-0.4, -0.2) is 30.0 Å². The highest BCUT2D eigenvalue weighted by molar-refractivity contribution is 7.16. The molecule has 9 heteroatoms. The minimum atomic E-state index is 0.356. The second-order valence-corrected chi connectivity index (χ2v) is 6.37. The summed E-state index contributed by atoms with van der Waals surface area (Å²) in [6.07, 6.45) is 0. The van der Waals surface area contributed by atoms with Crippen LogP contribution in [0.4, 0.5) is 0 Å². The van der Waals surface area contributed by atoms with E-state index in [1.165, 1.54) is 11.3 Å². The van der Waals surface area contributed by atoms with Gasteiger partial charge in [-0.2, -0.15) is 14.7 Å². The molecule has 116 valence electrons. The summed E-state index contributed by atoms with van der Waals surface area (Å²) >= 11 is 7.28. The zero-order chi connectivity index (χ0) is 15.8. The van der Waals surface area contributed by atoms with Gasteiger partial charge in [0.1, 0.15) is 18.1 Å². The quantitative estimate of drug-likeness (QED) is 0.614. The standard InChI is InChI=1S/C14H11ClN6OS/c1-8-6-11(17-16-8)13-18-19-14-21(13)20-12(23-14)7-22-10-4-2-9(15)3-5-10/h2-6H,7H2,1H3,(H,16,17). The molecule has 0 bridgehead atoms. The van der Waals surface area contributed by atoms with Gasteiger partial charge in [0.15, 0.2) is 5.01 Å². The maximum Gasteiger partial charge on any atom is 0.235 e. The number of nitrogens with one attached hydrogen (secondary N) is 1. The third kappa shape index (κ3) is 2.78. The molecule has 3 aromatic heterocycles. The molecule has 0 atom stereocenters. The summed E-state index contributed by atoms with van der Waals surface area (Å²) in [5.41, 5.74) is 1.67. The van der Waals surface area contributed by atoms with E-state index in [4.69, 9.17) is 16.3 Å². The van der Waals surface area contributed by atoms with Gasteiger partial charge in [0.05, 0.1) is 0 Å². The van der Waals surface area contributed by atoms with Crippen LogP contribution in [0, 0.1) is 6.92 Å². The van der Waals surface area contributed by atoms with Crippen LogP contribution in [0.5, 0.6) is 5.75 Å². The molecule has 4 aromatic rings. The number of fused-ring (bicyclic) bond motifs is 1. The third-order valence-electron chi connectivity index (χ3n) is 3.14. The van der Waals surface area contributed by atoms with Gasteiger partial charge >= 0.3 is 0 Å². The largest absolute Gasteiger partial charge is 0.486 e. The molecule has 3 heterocycles. The number of benzene rings is 1. The minimum absolute atomic E-state index is 0.356. The van der Waals surface area contributed by atoms with Crippen molar-refractivity contribution in [3.05, 3.63) is 46.1 Å². The Morgan fingerprint density at radius 3 is 2.83 bits per heavy atom. The van der Waals surface area contributed by atoms with Crippen molar-refractivity contribution in [3.63, 3.8) is 0 Å². The number of hydrogen-bond donors (Lipinski definition) is 1. The number of nitrogens with zero attached hydrogens (tertiary/aromatic N) is 5. The van der Waals surface area contributed by atoms with Gasteiger partial charge in [-0.15, -0.1) is 10.2 Å². The molecule has 7 nitrogen and oxygen atoms in total. The molecule has 0 aliphatic heterocycles. The lowest BCUT2D eigenvalue weighted by atomic mass is 10.3. The van der Waals surface area contributed by atoms with E-state index in [1.807, 2.05) is 25.1 Å². The van der Waals surface area contributed by atoms with Gasteiger partial charge < -0.3 is 4.74 Å². The zero-order valence-corrected chi connectivity index (χ0v) is 13.6. The molecule has 0 fully saturated rings. The molecule has 0 aliphatic carbocycles. The smallest absolute Gasteiger partial charge is 0.235 e. The van der Waals surface area contributed by atoms with Crippen molar-refractivity contribution in [1.29, 1.82) is 0 Å². The Labute approximate surface area is 139 Å². The Hall–Kier alpha value is -2.45. The van der Waals surface area contributed by atoms with Crippen LogP contribution in [0.1, 0.15) is 10.7 Å². The lowest BCUT2D eigenvalue weighted by Crippen LogP contribution is -1.97. The molecule has 4 rings (SSSR count). The lowest BCUT2D eigenvalue weighted by Gasteiger charge is -2.02. The van der Waals surface area contributed by atoms with Crippen molar-refractivity contribution in [2.45, 2.75) is 13.5 Å². The summed E-state index contributed by atoms with van der Waals surface area (Å²) in [4.78, 5) is 0.704. The monoisotopic (exact) mass is 346 g/mol. The molecule has 0 unspecified atom stereocenters. The topological polar surface area (TPSA) is 81.0 Å². The van der Waals surface area contributed by atoms with E-state index in [2.05, 4.69) is 25.5 Å². The van der Waals surface area contributed by atoms with Crippen molar-refractivity contribution < 1.29 is 4.74 Å². The molecule has 0 aliphatic rings. The van der Waals surface area contributed by atoms with E-state index >= 15 is 0 Å². The number of aromatic amines is 1. The normalized spacial score (nSPS) is 11.2. The average Bonchev–Trinajstić information content (AvgIpc) is 3.22. The molecule has 0 saturated heterocycles. The molecule has 0 spiro atoms. The molecular weight excluding hydrogens is 336 g/mol. The highest BCUT2D eigenvalue weighted by Gasteiger charge is 2.15. The van der Waals surface area contributed by atoms with Crippen LogP contribution in [0.15, 0.2) is 30.3 Å². The average molecular weight is 347 g/mol. The van der Waals surface area contributed by atoms with Crippen molar-refractivity contribution >= 4 is 27.9 Å². The third-order valence-corrected chi connectivity index (χ3v) is 4.27. The highest BCUT2D eigenvalue weighted by atomic mass is 35.5. The molecule has 0 amide bonds. The maximum atomic E-state index is 5.85. The molecule has 1 aromatic carbocycles.